The Kier molecular flexibility index (Phi) is 5.16. The van der Waals surface area contributed by atoms with Crippen LogP contribution in [0.5, 0.6) is 0 Å². The number of aromatic nitrogens is 2. The molecule has 0 bridgehead atoms. The second kappa shape index (κ2) is 7.91. The number of carbonyl (C=O) groups excluding carboxylic acids is 1. The largest absolute Gasteiger partial charge is 0.378 e. The van der Waals surface area contributed by atoms with Crippen molar-refractivity contribution in [3.8, 4) is 0 Å². The molecule has 0 saturated carbocycles. The van der Waals surface area contributed by atoms with Crippen LogP contribution in [0.3, 0.4) is 0 Å². The van der Waals surface area contributed by atoms with Crippen LogP contribution in [0.15, 0.2) is 54.6 Å². The van der Waals surface area contributed by atoms with Crippen LogP contribution in [-0.2, 0) is 6.42 Å². The number of para-hydroxylation sites is 1. The quantitative estimate of drug-likeness (QED) is 0.727. The van der Waals surface area contributed by atoms with E-state index in [1.807, 2.05) is 66.4 Å². The first-order valence-electron chi connectivity index (χ1n) is 9.81. The third-order valence-corrected chi connectivity index (χ3v) is 5.07. The fraction of sp³-hybridized carbons (Fsp3) is 0.261. The van der Waals surface area contributed by atoms with Crippen LogP contribution in [0.4, 0.5) is 22.9 Å². The lowest BCUT2D eigenvalue weighted by molar-refractivity contribution is 0.0980. The Balaban J connectivity index is 1.59. The van der Waals surface area contributed by atoms with Crippen LogP contribution in [0.1, 0.15) is 28.3 Å². The Morgan fingerprint density at radius 1 is 1.07 bits per heavy atom. The van der Waals surface area contributed by atoms with Gasteiger partial charge < -0.3 is 15.1 Å². The van der Waals surface area contributed by atoms with E-state index in [9.17, 15) is 4.79 Å². The summed E-state index contributed by atoms with van der Waals surface area (Å²) < 4.78 is 0. The summed E-state index contributed by atoms with van der Waals surface area (Å²) in [4.78, 5) is 26.0. The van der Waals surface area contributed by atoms with Gasteiger partial charge in [0.15, 0.2) is 0 Å². The molecule has 1 N–H and O–H groups in total. The van der Waals surface area contributed by atoms with E-state index in [0.717, 1.165) is 29.9 Å². The van der Waals surface area contributed by atoms with E-state index < -0.39 is 0 Å². The molecule has 29 heavy (non-hydrogen) atoms. The van der Waals surface area contributed by atoms with Crippen LogP contribution >= 0.6 is 0 Å². The van der Waals surface area contributed by atoms with Crippen molar-refractivity contribution in [2.45, 2.75) is 19.8 Å². The predicted octanol–water partition coefficient (Wildman–Crippen LogP) is 4.19. The number of fused-ring (bicyclic) bond motifs is 1. The van der Waals surface area contributed by atoms with Crippen molar-refractivity contribution in [3.05, 3.63) is 71.7 Å². The maximum atomic E-state index is 13.2. The molecule has 0 radical (unpaired) electrons. The molecule has 0 aliphatic carbocycles. The number of carbonyl (C=O) groups is 1. The Bertz CT molecular complexity index is 1030. The van der Waals surface area contributed by atoms with Gasteiger partial charge in [-0.15, -0.1) is 0 Å². The second-order valence-corrected chi connectivity index (χ2v) is 7.44. The number of nitrogens with zero attached hydrogens (tertiary/aromatic N) is 4. The molecule has 6 nitrogen and oxygen atoms in total. The number of aryl methyl sites for hydroxylation is 2. The topological polar surface area (TPSA) is 61.4 Å². The molecular formula is C23H25N5O. The van der Waals surface area contributed by atoms with Crippen molar-refractivity contribution >= 4 is 28.8 Å². The number of anilines is 4. The molecule has 1 aliphatic rings. The third-order valence-electron chi connectivity index (χ3n) is 5.07. The first-order chi connectivity index (χ1) is 14.0. The lowest BCUT2D eigenvalue weighted by Gasteiger charge is -2.29. The molecule has 0 atom stereocenters. The SMILES string of the molecule is Cc1nc(Nc2ccc(N(C)C)cc2)cc(C(=O)N2CCCc3ccccc32)n1. The molecule has 4 rings (SSSR count). The highest BCUT2D eigenvalue weighted by molar-refractivity contribution is 6.05. The zero-order valence-electron chi connectivity index (χ0n) is 17.0. The van der Waals surface area contributed by atoms with E-state index in [-0.39, 0.29) is 5.91 Å². The van der Waals surface area contributed by atoms with Crippen LogP contribution in [0.2, 0.25) is 0 Å². The maximum Gasteiger partial charge on any atom is 0.277 e. The minimum Gasteiger partial charge on any atom is -0.378 e. The molecule has 0 fully saturated rings. The highest BCUT2D eigenvalue weighted by Gasteiger charge is 2.24. The van der Waals surface area contributed by atoms with Gasteiger partial charge in [-0.2, -0.15) is 0 Å². The third kappa shape index (κ3) is 4.06. The van der Waals surface area contributed by atoms with Crippen molar-refractivity contribution in [2.75, 3.05) is 35.8 Å². The lowest BCUT2D eigenvalue weighted by atomic mass is 10.0. The zero-order valence-corrected chi connectivity index (χ0v) is 17.0. The summed E-state index contributed by atoms with van der Waals surface area (Å²) in [6.45, 7) is 2.51. The number of amides is 1. The van der Waals surface area contributed by atoms with Crippen molar-refractivity contribution < 1.29 is 4.79 Å². The molecule has 0 spiro atoms. The summed E-state index contributed by atoms with van der Waals surface area (Å²) in [5.41, 5.74) is 4.62. The van der Waals surface area contributed by atoms with Gasteiger partial charge in [0.1, 0.15) is 17.3 Å². The highest BCUT2D eigenvalue weighted by atomic mass is 16.2. The fourth-order valence-corrected chi connectivity index (χ4v) is 3.61. The zero-order chi connectivity index (χ0) is 20.4. The standard InChI is InChI=1S/C23H25N5O/c1-16-24-20(23(29)28-14-6-8-17-7-4-5-9-21(17)28)15-22(25-16)26-18-10-12-19(13-11-18)27(2)3/h4-5,7,9-13,15H,6,8,14H2,1-3H3,(H,24,25,26). The normalized spacial score (nSPS) is 13.0. The highest BCUT2D eigenvalue weighted by Crippen LogP contribution is 2.28. The van der Waals surface area contributed by atoms with E-state index >= 15 is 0 Å². The number of hydrogen-bond donors (Lipinski definition) is 1. The molecule has 6 heteroatoms. The maximum absolute atomic E-state index is 13.2. The Morgan fingerprint density at radius 2 is 1.83 bits per heavy atom. The molecule has 2 heterocycles. The smallest absolute Gasteiger partial charge is 0.277 e. The summed E-state index contributed by atoms with van der Waals surface area (Å²) in [6, 6.07) is 17.9. The van der Waals surface area contributed by atoms with E-state index in [2.05, 4.69) is 21.4 Å². The van der Waals surface area contributed by atoms with Gasteiger partial charge in [-0.1, -0.05) is 18.2 Å². The molecule has 1 amide bonds. The average Bonchev–Trinajstić information content (AvgIpc) is 2.73. The number of rotatable bonds is 4. The van der Waals surface area contributed by atoms with Crippen molar-refractivity contribution in [3.63, 3.8) is 0 Å². The summed E-state index contributed by atoms with van der Waals surface area (Å²) in [7, 11) is 4.01. The van der Waals surface area contributed by atoms with Gasteiger partial charge in [-0.25, -0.2) is 9.97 Å². The van der Waals surface area contributed by atoms with Crippen molar-refractivity contribution in [1.29, 1.82) is 0 Å². The van der Waals surface area contributed by atoms with Gasteiger partial charge in [-0.05, 0) is 55.7 Å². The van der Waals surface area contributed by atoms with Crippen LogP contribution < -0.4 is 15.1 Å². The van der Waals surface area contributed by atoms with E-state index in [1.54, 1.807) is 13.0 Å². The predicted molar refractivity (Wildman–Crippen MR) is 117 cm³/mol. The molecule has 0 saturated heterocycles. The van der Waals surface area contributed by atoms with Crippen molar-refractivity contribution in [1.82, 2.24) is 9.97 Å². The summed E-state index contributed by atoms with van der Waals surface area (Å²) in [5.74, 6) is 1.09. The Hall–Kier alpha value is -3.41. The van der Waals surface area contributed by atoms with Gasteiger partial charge in [0.2, 0.25) is 0 Å². The second-order valence-electron chi connectivity index (χ2n) is 7.44. The molecule has 2 aromatic carbocycles. The molecule has 148 valence electrons. The van der Waals surface area contributed by atoms with E-state index in [1.165, 1.54) is 5.56 Å². The number of benzene rings is 2. The van der Waals surface area contributed by atoms with Gasteiger partial charge in [0.25, 0.3) is 5.91 Å². The van der Waals surface area contributed by atoms with E-state index in [4.69, 9.17) is 0 Å². The number of hydrogen-bond acceptors (Lipinski definition) is 5. The fourth-order valence-electron chi connectivity index (χ4n) is 3.61. The molecular weight excluding hydrogens is 362 g/mol. The minimum atomic E-state index is -0.0892. The van der Waals surface area contributed by atoms with Crippen LogP contribution in [0.25, 0.3) is 0 Å². The van der Waals surface area contributed by atoms with Gasteiger partial charge in [0, 0.05) is 43.8 Å². The Morgan fingerprint density at radius 3 is 2.59 bits per heavy atom. The van der Waals surface area contributed by atoms with Gasteiger partial charge in [-0.3, -0.25) is 4.79 Å². The van der Waals surface area contributed by atoms with Crippen molar-refractivity contribution in [2.24, 2.45) is 0 Å². The molecule has 1 aromatic heterocycles. The number of nitrogens with one attached hydrogen (secondary N) is 1. The Labute approximate surface area is 171 Å². The van der Waals surface area contributed by atoms with Crippen LogP contribution in [0, 0.1) is 6.92 Å². The monoisotopic (exact) mass is 387 g/mol. The minimum absolute atomic E-state index is 0.0892. The first kappa shape index (κ1) is 18.9. The van der Waals surface area contributed by atoms with E-state index in [0.29, 0.717) is 23.9 Å². The van der Waals surface area contributed by atoms with Crippen LogP contribution in [-0.4, -0.2) is 36.5 Å². The first-order valence-corrected chi connectivity index (χ1v) is 9.81. The summed E-state index contributed by atoms with van der Waals surface area (Å²) >= 11 is 0. The van der Waals surface area contributed by atoms with Gasteiger partial charge >= 0.3 is 0 Å². The molecule has 1 aliphatic heterocycles. The molecule has 0 unspecified atom stereocenters. The van der Waals surface area contributed by atoms with Gasteiger partial charge in [0.05, 0.1) is 0 Å². The lowest BCUT2D eigenvalue weighted by Crippen LogP contribution is -2.36. The average molecular weight is 387 g/mol. The molecule has 3 aromatic rings. The summed E-state index contributed by atoms with van der Waals surface area (Å²) in [5, 5.41) is 3.29. The summed E-state index contributed by atoms with van der Waals surface area (Å²) in [6.07, 6.45) is 1.95.